The number of sulfonamides is 1. The maximum Gasteiger partial charge on any atom is 0.529 e. The Labute approximate surface area is 453 Å². The fraction of sp³-hybridized carbons (Fsp3) is 0.367. The Kier molecular flexibility index (Phi) is 15.9. The van der Waals surface area contributed by atoms with Gasteiger partial charge in [-0.05, 0) is 92.1 Å². The third-order valence-electron chi connectivity index (χ3n) is 12.9. The van der Waals surface area contributed by atoms with Gasteiger partial charge in [-0.15, -0.1) is 0 Å². The number of halogens is 11. The van der Waals surface area contributed by atoms with Crippen LogP contribution in [0.2, 0.25) is 5.02 Å². The number of rotatable bonds is 18. The highest BCUT2D eigenvalue weighted by Gasteiger charge is 2.68. The first-order chi connectivity index (χ1) is 37.0. The quantitative estimate of drug-likeness (QED) is 0.0466. The number of aromatic nitrogens is 5. The van der Waals surface area contributed by atoms with Crippen LogP contribution in [0.1, 0.15) is 77.4 Å². The van der Waals surface area contributed by atoms with Gasteiger partial charge in [0.05, 0.1) is 34.4 Å². The van der Waals surface area contributed by atoms with Crippen molar-refractivity contribution >= 4 is 62.0 Å². The molecular weight excluding hydrogens is 1170 g/mol. The van der Waals surface area contributed by atoms with Crippen LogP contribution in [-0.2, 0) is 86.8 Å². The Morgan fingerprint density at radius 3 is 2.12 bits per heavy atom. The summed E-state index contributed by atoms with van der Waals surface area (Å²) in [5.41, 5.74) is -6.14. The SMILES string of the molecule is COP(=O)(OC)Oc1ccc(CC(=O)NS(=O)(=O)Cc2nn(CC(F)(F)F)c3c(-c4ccc(C#CC(C)(C)S(C)(=O)=O)nc4[C@H](Cc4cc(F)cc(F)c4)NC(=O)Cn4nc(C(F)(F)F)c5c4C(F)(F)[C@@H]4C[C@H]54)ccc(Cl)c23)cc1. The van der Waals surface area contributed by atoms with Crippen molar-refractivity contribution in [2.24, 2.45) is 5.92 Å². The fourth-order valence-electron chi connectivity index (χ4n) is 9.01. The molecule has 2 aliphatic rings. The van der Waals surface area contributed by atoms with Crippen molar-refractivity contribution in [3.05, 3.63) is 129 Å². The van der Waals surface area contributed by atoms with Crippen LogP contribution in [0.4, 0.5) is 43.9 Å². The van der Waals surface area contributed by atoms with Gasteiger partial charge in [0.2, 0.25) is 21.8 Å². The number of hydrogen-bond donors (Lipinski definition) is 2. The van der Waals surface area contributed by atoms with Gasteiger partial charge < -0.3 is 9.84 Å². The van der Waals surface area contributed by atoms with Crippen LogP contribution in [0.3, 0.4) is 0 Å². The number of sulfone groups is 1. The summed E-state index contributed by atoms with van der Waals surface area (Å²) in [6.07, 6.45) is -11.0. The zero-order valence-corrected chi connectivity index (χ0v) is 45.3. The molecule has 3 aromatic carbocycles. The molecule has 0 radical (unpaired) electrons. The molecule has 1 fully saturated rings. The lowest BCUT2D eigenvalue weighted by Gasteiger charge is -2.23. The maximum atomic E-state index is 15.6. The molecule has 3 aromatic heterocycles. The third-order valence-corrected chi connectivity index (χ3v) is 17.7. The van der Waals surface area contributed by atoms with Crippen molar-refractivity contribution in [1.82, 2.24) is 34.6 Å². The minimum absolute atomic E-state index is 0.0144. The van der Waals surface area contributed by atoms with Crippen LogP contribution in [0.5, 0.6) is 5.75 Å². The van der Waals surface area contributed by atoms with Gasteiger partial charge in [-0.3, -0.25) is 32.7 Å². The van der Waals surface area contributed by atoms with Crippen LogP contribution < -0.4 is 14.6 Å². The summed E-state index contributed by atoms with van der Waals surface area (Å²) in [6, 6.07) is 10.1. The van der Waals surface area contributed by atoms with E-state index < -0.39 is 163 Å². The highest BCUT2D eigenvalue weighted by Crippen LogP contribution is 2.68. The predicted molar refractivity (Wildman–Crippen MR) is 266 cm³/mol. The summed E-state index contributed by atoms with van der Waals surface area (Å²) < 4.78 is 228. The number of carbonyl (C=O) groups excluding carboxylic acids is 2. The highest BCUT2D eigenvalue weighted by molar-refractivity contribution is 7.92. The first-order valence-electron chi connectivity index (χ1n) is 23.3. The van der Waals surface area contributed by atoms with Gasteiger partial charge in [0, 0.05) is 54.5 Å². The molecule has 80 heavy (non-hydrogen) atoms. The summed E-state index contributed by atoms with van der Waals surface area (Å²) in [5.74, 6) is -7.49. The molecule has 428 valence electrons. The summed E-state index contributed by atoms with van der Waals surface area (Å²) in [5, 5.41) is 8.99. The number of amides is 2. The Morgan fingerprint density at radius 2 is 1.52 bits per heavy atom. The third kappa shape index (κ3) is 12.8. The van der Waals surface area contributed by atoms with Gasteiger partial charge in [-0.2, -0.15) is 45.3 Å². The number of carbonyl (C=O) groups is 2. The molecule has 0 unspecified atom stereocenters. The minimum Gasteiger partial charge on any atom is -0.404 e. The highest BCUT2D eigenvalue weighted by atomic mass is 35.5. The average molecular weight is 1210 g/mol. The number of pyridine rings is 1. The molecule has 0 saturated heterocycles. The number of benzene rings is 3. The van der Waals surface area contributed by atoms with Crippen molar-refractivity contribution in [3.63, 3.8) is 0 Å². The summed E-state index contributed by atoms with van der Waals surface area (Å²) in [6.45, 7) is -0.753. The largest absolute Gasteiger partial charge is 0.529 e. The van der Waals surface area contributed by atoms with Crippen molar-refractivity contribution < 1.29 is 88.5 Å². The Balaban J connectivity index is 1.24. The molecule has 0 bridgehead atoms. The van der Waals surface area contributed by atoms with E-state index >= 15 is 8.78 Å². The molecule has 17 nitrogen and oxygen atoms in total. The number of nitrogens with zero attached hydrogens (tertiary/aromatic N) is 5. The Bertz CT molecular complexity index is 3800. The van der Waals surface area contributed by atoms with E-state index in [0.29, 0.717) is 10.7 Å². The lowest BCUT2D eigenvalue weighted by molar-refractivity contribution is -0.143. The summed E-state index contributed by atoms with van der Waals surface area (Å²) >= 11 is 6.65. The Hall–Kier alpha value is -6.57. The first kappa shape index (κ1) is 59.5. The van der Waals surface area contributed by atoms with Gasteiger partial charge in [0.25, 0.3) is 5.92 Å². The fourth-order valence-corrected chi connectivity index (χ4v) is 11.2. The number of alkyl halides is 8. The van der Waals surface area contributed by atoms with E-state index in [1.807, 2.05) is 4.72 Å². The van der Waals surface area contributed by atoms with E-state index in [2.05, 4.69) is 32.3 Å². The van der Waals surface area contributed by atoms with Crippen LogP contribution in [0.25, 0.3) is 22.0 Å². The van der Waals surface area contributed by atoms with Crippen molar-refractivity contribution in [3.8, 4) is 28.7 Å². The number of fused-ring (bicyclic) bond motifs is 4. The van der Waals surface area contributed by atoms with E-state index in [0.717, 1.165) is 50.8 Å². The van der Waals surface area contributed by atoms with Crippen LogP contribution in [0, 0.1) is 29.4 Å². The molecule has 2 aliphatic carbocycles. The average Bonchev–Trinajstić information content (AvgIpc) is 4.10. The predicted octanol–water partition coefficient (Wildman–Crippen LogP) is 9.26. The van der Waals surface area contributed by atoms with E-state index in [1.54, 1.807) is 0 Å². The van der Waals surface area contributed by atoms with E-state index in [1.165, 1.54) is 44.2 Å². The molecular formula is C49H43ClF10N7O10PS2. The summed E-state index contributed by atoms with van der Waals surface area (Å²) in [7, 11) is -10.6. The lowest BCUT2D eigenvalue weighted by atomic mass is 9.93. The number of phosphoric acid groups is 1. The maximum absolute atomic E-state index is 15.6. The lowest BCUT2D eigenvalue weighted by Crippen LogP contribution is -2.35. The van der Waals surface area contributed by atoms with Crippen molar-refractivity contribution in [2.45, 2.75) is 86.9 Å². The van der Waals surface area contributed by atoms with Crippen LogP contribution >= 0.6 is 19.4 Å². The number of phosphoric ester groups is 1. The Morgan fingerprint density at radius 1 is 0.887 bits per heavy atom. The molecule has 1 saturated carbocycles. The molecule has 2 amide bonds. The van der Waals surface area contributed by atoms with E-state index in [-0.39, 0.29) is 49.8 Å². The normalized spacial score (nSPS) is 16.6. The zero-order chi connectivity index (χ0) is 58.9. The number of nitrogens with one attached hydrogen (secondary N) is 2. The van der Waals surface area contributed by atoms with Crippen LogP contribution in [-0.4, -0.2) is 84.6 Å². The van der Waals surface area contributed by atoms with Crippen molar-refractivity contribution in [2.75, 3.05) is 20.5 Å². The second-order valence-corrected chi connectivity index (χ2v) is 25.7. The molecule has 6 aromatic rings. The number of hydrogen-bond acceptors (Lipinski definition) is 13. The molecule has 2 N–H and O–H groups in total. The smallest absolute Gasteiger partial charge is 0.404 e. The molecule has 0 spiro atoms. The van der Waals surface area contributed by atoms with Gasteiger partial charge in [0.15, 0.2) is 15.5 Å². The molecule has 3 atom stereocenters. The van der Waals surface area contributed by atoms with Gasteiger partial charge in [-0.25, -0.2) is 35.2 Å². The monoisotopic (exact) mass is 1210 g/mol. The zero-order valence-electron chi connectivity index (χ0n) is 42.1. The molecule has 0 aliphatic heterocycles. The van der Waals surface area contributed by atoms with Gasteiger partial charge in [-0.1, -0.05) is 35.7 Å². The molecule has 31 heteroatoms. The standard InChI is InChI=1S/C49H43ClF10N7O10PS2/c1-46(2,79(5,71)72)15-14-29-8-11-31(42(61-29)36(18-26-16-27(51)20-28(52)17-26)62-39(69)22-66-45-40(44(64-66)49(58,59)60)33-21-34(33)48(45,56)57)32-12-13-35(50)41-37(63-67(43(32)41)24-47(53,54)55)23-80(73,74)65-38(68)19-25-6-9-30(10-7-25)77-78(70,75-3)76-4/h6-13,16-17,20,33-34,36H,18-19,21-24H2,1-5H3,(H,62,69)(H,65,68)/t33-,34+,36-/m0/s1. The topological polar surface area (TPSA) is 220 Å². The summed E-state index contributed by atoms with van der Waals surface area (Å²) in [4.78, 5) is 31.9. The minimum atomic E-state index is -5.23. The van der Waals surface area contributed by atoms with Crippen LogP contribution in [0.15, 0.2) is 66.7 Å². The van der Waals surface area contributed by atoms with Gasteiger partial charge >= 0.3 is 20.2 Å². The van der Waals surface area contributed by atoms with E-state index in [4.69, 9.17) is 25.2 Å². The van der Waals surface area contributed by atoms with Crippen molar-refractivity contribution in [1.29, 1.82) is 0 Å². The molecule has 3 heterocycles. The van der Waals surface area contributed by atoms with Gasteiger partial charge in [0.1, 0.15) is 52.4 Å². The van der Waals surface area contributed by atoms with E-state index in [9.17, 15) is 66.1 Å². The second kappa shape index (κ2) is 21.4. The first-order valence-corrected chi connectivity index (χ1v) is 28.7. The second-order valence-electron chi connectivity index (χ2n) is 19.1. The molecule has 8 rings (SSSR count).